The first-order chi connectivity index (χ1) is 7.70. The van der Waals surface area contributed by atoms with Crippen molar-refractivity contribution in [3.05, 3.63) is 23.5 Å². The molecule has 1 aromatic heterocycles. The Bertz CT molecular complexity index is 406. The van der Waals surface area contributed by atoms with Crippen molar-refractivity contribution in [2.45, 2.75) is 26.0 Å². The first kappa shape index (κ1) is 10.9. The van der Waals surface area contributed by atoms with Gasteiger partial charge in [0.25, 0.3) is 0 Å². The number of pyridine rings is 1. The Balaban J connectivity index is 2.17. The number of nitrogens with two attached hydrogens (primary N) is 1. The number of hydrogen-bond acceptors (Lipinski definition) is 5. The molecule has 1 aromatic rings. The van der Waals surface area contributed by atoms with Crippen LogP contribution in [0.4, 0.5) is 0 Å². The molecule has 16 heavy (non-hydrogen) atoms. The Morgan fingerprint density at radius 2 is 2.44 bits per heavy atom. The van der Waals surface area contributed by atoms with E-state index in [0.29, 0.717) is 31.0 Å². The fourth-order valence-electron chi connectivity index (χ4n) is 1.59. The van der Waals surface area contributed by atoms with E-state index < -0.39 is 6.10 Å². The van der Waals surface area contributed by atoms with Gasteiger partial charge in [0, 0.05) is 18.7 Å². The zero-order chi connectivity index (χ0) is 11.5. The summed E-state index contributed by atoms with van der Waals surface area (Å²) in [5.41, 5.74) is 7.11. The first-order valence-electron chi connectivity index (χ1n) is 5.20. The van der Waals surface area contributed by atoms with Crippen LogP contribution >= 0.6 is 0 Å². The van der Waals surface area contributed by atoms with E-state index in [-0.39, 0.29) is 5.97 Å². The van der Waals surface area contributed by atoms with E-state index in [1.54, 1.807) is 6.07 Å². The summed E-state index contributed by atoms with van der Waals surface area (Å²) in [4.78, 5) is 15.5. The topological polar surface area (TPSA) is 74.4 Å². The number of aryl methyl sites for hydroxylation is 1. The Morgan fingerprint density at radius 1 is 1.62 bits per heavy atom. The van der Waals surface area contributed by atoms with Crippen LogP contribution in [-0.2, 0) is 16.1 Å². The maximum absolute atomic E-state index is 11.2. The molecule has 0 spiro atoms. The van der Waals surface area contributed by atoms with Crippen molar-refractivity contribution in [1.82, 2.24) is 4.98 Å². The van der Waals surface area contributed by atoms with Crippen LogP contribution in [0.25, 0.3) is 0 Å². The molecule has 1 unspecified atom stereocenters. The molecule has 2 N–H and O–H groups in total. The summed E-state index contributed by atoms with van der Waals surface area (Å²) in [6, 6.07) is 3.62. The number of aromatic nitrogens is 1. The number of rotatable bonds is 3. The van der Waals surface area contributed by atoms with Crippen LogP contribution in [0.5, 0.6) is 5.75 Å². The van der Waals surface area contributed by atoms with E-state index in [2.05, 4.69) is 4.98 Å². The Kier molecular flexibility index (Phi) is 3.05. The van der Waals surface area contributed by atoms with Gasteiger partial charge in [-0.15, -0.1) is 0 Å². The molecule has 1 aliphatic heterocycles. The predicted octanol–water partition coefficient (Wildman–Crippen LogP) is 0.543. The van der Waals surface area contributed by atoms with Gasteiger partial charge in [-0.1, -0.05) is 0 Å². The molecule has 1 atom stereocenters. The van der Waals surface area contributed by atoms with Crippen molar-refractivity contribution in [2.75, 3.05) is 6.61 Å². The number of hydrogen-bond donors (Lipinski definition) is 1. The van der Waals surface area contributed by atoms with Crippen molar-refractivity contribution >= 4 is 5.97 Å². The van der Waals surface area contributed by atoms with Gasteiger partial charge in [0.1, 0.15) is 5.75 Å². The molecule has 0 amide bonds. The molecule has 86 valence electrons. The zero-order valence-corrected chi connectivity index (χ0v) is 9.10. The van der Waals surface area contributed by atoms with Gasteiger partial charge >= 0.3 is 5.97 Å². The highest BCUT2D eigenvalue weighted by Gasteiger charge is 2.29. The van der Waals surface area contributed by atoms with Gasteiger partial charge in [-0.05, 0) is 19.1 Å². The molecule has 0 aliphatic carbocycles. The van der Waals surface area contributed by atoms with Crippen molar-refractivity contribution in [1.29, 1.82) is 0 Å². The van der Waals surface area contributed by atoms with Gasteiger partial charge in [0.15, 0.2) is 6.10 Å². The lowest BCUT2D eigenvalue weighted by Crippen LogP contribution is -2.23. The average molecular weight is 222 g/mol. The predicted molar refractivity (Wildman–Crippen MR) is 56.9 cm³/mol. The molecular weight excluding hydrogens is 208 g/mol. The minimum Gasteiger partial charge on any atom is -0.477 e. The van der Waals surface area contributed by atoms with Crippen LogP contribution in [0.15, 0.2) is 12.1 Å². The van der Waals surface area contributed by atoms with E-state index in [0.717, 1.165) is 5.69 Å². The van der Waals surface area contributed by atoms with E-state index in [1.807, 2.05) is 13.0 Å². The number of carbonyl (C=O) groups excluding carboxylic acids is 1. The lowest BCUT2D eigenvalue weighted by atomic mass is 10.2. The molecule has 1 fully saturated rings. The minimum absolute atomic E-state index is 0.290. The van der Waals surface area contributed by atoms with Gasteiger partial charge in [-0.3, -0.25) is 4.98 Å². The van der Waals surface area contributed by atoms with Gasteiger partial charge in [0.2, 0.25) is 0 Å². The highest BCUT2D eigenvalue weighted by molar-refractivity contribution is 5.76. The van der Waals surface area contributed by atoms with Crippen LogP contribution in [0.1, 0.15) is 17.8 Å². The molecule has 5 heteroatoms. The van der Waals surface area contributed by atoms with E-state index in [9.17, 15) is 4.79 Å². The molecule has 0 saturated carbocycles. The van der Waals surface area contributed by atoms with Crippen LogP contribution in [0, 0.1) is 6.92 Å². The summed E-state index contributed by atoms with van der Waals surface area (Å²) in [5, 5.41) is 0. The fourth-order valence-corrected chi connectivity index (χ4v) is 1.59. The van der Waals surface area contributed by atoms with E-state index in [4.69, 9.17) is 15.2 Å². The average Bonchev–Trinajstić information content (AvgIpc) is 2.67. The highest BCUT2D eigenvalue weighted by atomic mass is 16.6. The summed E-state index contributed by atoms with van der Waals surface area (Å²) in [6.07, 6.45) is 0.0614. The molecule has 0 bridgehead atoms. The van der Waals surface area contributed by atoms with Gasteiger partial charge < -0.3 is 15.2 Å². The maximum atomic E-state index is 11.2. The second-order valence-corrected chi connectivity index (χ2v) is 3.66. The van der Waals surface area contributed by atoms with Crippen molar-refractivity contribution in [3.8, 4) is 5.75 Å². The monoisotopic (exact) mass is 222 g/mol. The van der Waals surface area contributed by atoms with Crippen LogP contribution in [0.3, 0.4) is 0 Å². The van der Waals surface area contributed by atoms with E-state index in [1.165, 1.54) is 0 Å². The summed E-state index contributed by atoms with van der Waals surface area (Å²) in [6.45, 7) is 2.59. The maximum Gasteiger partial charge on any atom is 0.347 e. The molecule has 0 aromatic carbocycles. The summed E-state index contributed by atoms with van der Waals surface area (Å²) in [7, 11) is 0. The third-order valence-corrected chi connectivity index (χ3v) is 2.42. The molecule has 5 nitrogen and oxygen atoms in total. The van der Waals surface area contributed by atoms with Crippen LogP contribution in [-0.4, -0.2) is 23.7 Å². The van der Waals surface area contributed by atoms with Crippen LogP contribution < -0.4 is 10.5 Å². The fraction of sp³-hybridized carbons (Fsp3) is 0.455. The normalized spacial score (nSPS) is 19.6. The quantitative estimate of drug-likeness (QED) is 0.756. The highest BCUT2D eigenvalue weighted by Crippen LogP contribution is 2.21. The minimum atomic E-state index is -0.519. The standard InChI is InChI=1S/C11H14N2O3/c1-7-2-3-9(8(6-12)13-7)16-10-4-5-15-11(10)14/h2-3,10H,4-6,12H2,1H3. The molecule has 2 rings (SSSR count). The largest absolute Gasteiger partial charge is 0.477 e. The Hall–Kier alpha value is -1.62. The van der Waals surface area contributed by atoms with Crippen molar-refractivity contribution < 1.29 is 14.3 Å². The van der Waals surface area contributed by atoms with Crippen molar-refractivity contribution in [3.63, 3.8) is 0 Å². The third-order valence-electron chi connectivity index (χ3n) is 2.42. The lowest BCUT2D eigenvalue weighted by molar-refractivity contribution is -0.143. The Morgan fingerprint density at radius 3 is 3.06 bits per heavy atom. The first-order valence-corrected chi connectivity index (χ1v) is 5.20. The Labute approximate surface area is 93.6 Å². The molecule has 0 radical (unpaired) electrons. The van der Waals surface area contributed by atoms with Gasteiger partial charge in [-0.2, -0.15) is 0 Å². The summed E-state index contributed by atoms with van der Waals surface area (Å²) >= 11 is 0. The zero-order valence-electron chi connectivity index (χ0n) is 9.10. The van der Waals surface area contributed by atoms with Crippen LogP contribution in [0.2, 0.25) is 0 Å². The SMILES string of the molecule is Cc1ccc(OC2CCOC2=O)c(CN)n1. The van der Waals surface area contributed by atoms with Crippen molar-refractivity contribution in [2.24, 2.45) is 5.73 Å². The second kappa shape index (κ2) is 4.49. The number of cyclic esters (lactones) is 1. The van der Waals surface area contributed by atoms with Gasteiger partial charge in [-0.25, -0.2) is 4.79 Å². The second-order valence-electron chi connectivity index (χ2n) is 3.66. The molecule has 1 saturated heterocycles. The molecule has 1 aliphatic rings. The lowest BCUT2D eigenvalue weighted by Gasteiger charge is -2.13. The summed E-state index contributed by atoms with van der Waals surface area (Å²) in [5.74, 6) is 0.250. The number of ether oxygens (including phenoxy) is 2. The number of nitrogens with zero attached hydrogens (tertiary/aromatic N) is 1. The third kappa shape index (κ3) is 2.14. The molecular formula is C11H14N2O3. The van der Waals surface area contributed by atoms with E-state index >= 15 is 0 Å². The number of carbonyl (C=O) groups is 1. The summed E-state index contributed by atoms with van der Waals surface area (Å²) < 4.78 is 10.4. The molecule has 2 heterocycles. The van der Waals surface area contributed by atoms with Gasteiger partial charge in [0.05, 0.1) is 12.3 Å². The smallest absolute Gasteiger partial charge is 0.347 e. The number of esters is 1.